The van der Waals surface area contributed by atoms with Crippen molar-refractivity contribution in [1.82, 2.24) is 10.6 Å². The lowest BCUT2D eigenvalue weighted by atomic mass is 9.84. The van der Waals surface area contributed by atoms with Gasteiger partial charge in [-0.3, -0.25) is 4.79 Å². The lowest BCUT2D eigenvalue weighted by Gasteiger charge is -2.31. The average molecular weight is 417 g/mol. The van der Waals surface area contributed by atoms with Crippen molar-refractivity contribution < 1.29 is 9.59 Å². The number of urea groups is 1. The normalized spacial score (nSPS) is 19.6. The first-order chi connectivity index (χ1) is 12.2. The van der Waals surface area contributed by atoms with Gasteiger partial charge in [-0.25, -0.2) is 4.79 Å². The van der Waals surface area contributed by atoms with E-state index in [1.165, 1.54) is 0 Å². The molecular formula is C19H30Cl2N4O2. The Kier molecular flexibility index (Phi) is 8.85. The predicted octanol–water partition coefficient (Wildman–Crippen LogP) is 3.93. The second kappa shape index (κ2) is 10.2. The van der Waals surface area contributed by atoms with Gasteiger partial charge in [0.15, 0.2) is 0 Å². The van der Waals surface area contributed by atoms with Crippen LogP contribution in [0, 0.1) is 5.92 Å². The summed E-state index contributed by atoms with van der Waals surface area (Å²) in [5.74, 6) is 0.0607. The molecule has 1 fully saturated rings. The van der Waals surface area contributed by atoms with E-state index >= 15 is 0 Å². The number of hydrogen-bond donors (Lipinski definition) is 4. The van der Waals surface area contributed by atoms with Crippen LogP contribution in [-0.2, 0) is 0 Å². The molecule has 0 spiro atoms. The van der Waals surface area contributed by atoms with Crippen LogP contribution in [-0.4, -0.2) is 30.1 Å². The Bertz CT molecular complexity index is 662. The van der Waals surface area contributed by atoms with Crippen LogP contribution in [0.4, 0.5) is 10.5 Å². The molecule has 1 saturated carbocycles. The van der Waals surface area contributed by atoms with Crippen molar-refractivity contribution in [1.29, 1.82) is 0 Å². The van der Waals surface area contributed by atoms with Crippen LogP contribution in [0.15, 0.2) is 18.2 Å². The third-order valence-corrected chi connectivity index (χ3v) is 4.82. The Morgan fingerprint density at radius 3 is 2.52 bits per heavy atom. The summed E-state index contributed by atoms with van der Waals surface area (Å²) in [4.78, 5) is 24.7. The van der Waals surface area contributed by atoms with E-state index in [2.05, 4.69) is 16.0 Å². The number of hydrogen-bond acceptors (Lipinski definition) is 3. The highest BCUT2D eigenvalue weighted by atomic mass is 35.5. The smallest absolute Gasteiger partial charge is 0.319 e. The molecule has 1 aliphatic rings. The van der Waals surface area contributed by atoms with E-state index in [4.69, 9.17) is 17.3 Å². The van der Waals surface area contributed by atoms with Gasteiger partial charge in [-0.05, 0) is 64.3 Å². The summed E-state index contributed by atoms with van der Waals surface area (Å²) in [7, 11) is 0. The summed E-state index contributed by atoms with van der Waals surface area (Å²) in [5.41, 5.74) is 6.35. The highest BCUT2D eigenvalue weighted by molar-refractivity contribution is 6.34. The van der Waals surface area contributed by atoms with Gasteiger partial charge in [0.1, 0.15) is 0 Å². The fraction of sp³-hybridized carbons (Fsp3) is 0.579. The summed E-state index contributed by atoms with van der Waals surface area (Å²) in [5, 5.41) is 8.96. The van der Waals surface area contributed by atoms with Crippen molar-refractivity contribution in [3.05, 3.63) is 28.8 Å². The maximum absolute atomic E-state index is 12.7. The number of nitrogens with two attached hydrogens (primary N) is 1. The van der Waals surface area contributed by atoms with Crippen LogP contribution in [0.1, 0.15) is 56.8 Å². The second-order valence-corrected chi connectivity index (χ2v) is 8.29. The lowest BCUT2D eigenvalue weighted by molar-refractivity contribution is 0.0908. The minimum atomic E-state index is -0.352. The Morgan fingerprint density at radius 2 is 1.89 bits per heavy atom. The predicted molar refractivity (Wildman–Crippen MR) is 113 cm³/mol. The number of rotatable bonds is 4. The van der Waals surface area contributed by atoms with Crippen LogP contribution >= 0.6 is 24.0 Å². The molecule has 1 aromatic carbocycles. The Labute approximate surface area is 172 Å². The third kappa shape index (κ3) is 7.20. The molecule has 0 aromatic heterocycles. The Balaban J connectivity index is 0.00000364. The first kappa shape index (κ1) is 23.5. The van der Waals surface area contributed by atoms with E-state index < -0.39 is 0 Å². The zero-order chi connectivity index (χ0) is 19.3. The Hall–Kier alpha value is -1.50. The molecule has 1 aromatic rings. The van der Waals surface area contributed by atoms with Crippen molar-refractivity contribution in [2.75, 3.05) is 11.9 Å². The summed E-state index contributed by atoms with van der Waals surface area (Å²) in [6.07, 6.45) is 4.20. The van der Waals surface area contributed by atoms with E-state index in [0.717, 1.165) is 25.7 Å². The molecule has 1 aliphatic carbocycles. The maximum Gasteiger partial charge on any atom is 0.319 e. The fourth-order valence-electron chi connectivity index (χ4n) is 3.21. The number of amides is 3. The molecule has 2 unspecified atom stereocenters. The molecule has 27 heavy (non-hydrogen) atoms. The van der Waals surface area contributed by atoms with E-state index in [0.29, 0.717) is 28.7 Å². The largest absolute Gasteiger partial charge is 0.349 e. The number of benzene rings is 1. The monoisotopic (exact) mass is 416 g/mol. The van der Waals surface area contributed by atoms with Gasteiger partial charge in [0.25, 0.3) is 5.91 Å². The van der Waals surface area contributed by atoms with Gasteiger partial charge in [0.05, 0.1) is 10.6 Å². The van der Waals surface area contributed by atoms with Crippen molar-refractivity contribution >= 4 is 41.6 Å². The van der Waals surface area contributed by atoms with Crippen LogP contribution in [0.25, 0.3) is 0 Å². The molecule has 0 aliphatic heterocycles. The summed E-state index contributed by atoms with van der Waals surface area (Å²) < 4.78 is 0. The molecule has 2 atom stereocenters. The number of halogens is 2. The molecule has 6 nitrogen and oxygen atoms in total. The molecule has 0 bridgehead atoms. The van der Waals surface area contributed by atoms with Gasteiger partial charge >= 0.3 is 6.03 Å². The number of carbonyl (C=O) groups is 2. The quantitative estimate of drug-likeness (QED) is 0.598. The van der Waals surface area contributed by atoms with E-state index in [1.54, 1.807) is 18.2 Å². The molecule has 2 rings (SSSR count). The van der Waals surface area contributed by atoms with Crippen molar-refractivity contribution in [3.63, 3.8) is 0 Å². The van der Waals surface area contributed by atoms with Gasteiger partial charge in [-0.1, -0.05) is 24.4 Å². The number of nitrogens with one attached hydrogen (secondary N) is 3. The van der Waals surface area contributed by atoms with Crippen LogP contribution < -0.4 is 21.7 Å². The molecule has 8 heteroatoms. The third-order valence-electron chi connectivity index (χ3n) is 4.49. The minimum Gasteiger partial charge on any atom is -0.349 e. The second-order valence-electron chi connectivity index (χ2n) is 7.88. The summed E-state index contributed by atoms with van der Waals surface area (Å²) >= 11 is 6.21. The van der Waals surface area contributed by atoms with Gasteiger partial charge in [-0.2, -0.15) is 0 Å². The molecule has 0 radical (unpaired) electrons. The molecule has 3 amide bonds. The lowest BCUT2D eigenvalue weighted by Crippen LogP contribution is -2.45. The van der Waals surface area contributed by atoms with Gasteiger partial charge in [0, 0.05) is 17.3 Å². The average Bonchev–Trinajstić information content (AvgIpc) is 2.55. The molecule has 5 N–H and O–H groups in total. The minimum absolute atomic E-state index is 0. The van der Waals surface area contributed by atoms with Crippen molar-refractivity contribution in [2.24, 2.45) is 11.7 Å². The summed E-state index contributed by atoms with van der Waals surface area (Å²) in [6.45, 7) is 6.25. The fourth-order valence-corrected chi connectivity index (χ4v) is 3.41. The molecule has 0 heterocycles. The first-order valence-corrected chi connectivity index (χ1v) is 9.47. The van der Waals surface area contributed by atoms with E-state index in [1.807, 2.05) is 20.8 Å². The SMILES string of the molecule is CC(C)(C)NC(=O)Nc1ccc(Cl)c(C(=O)NC2CCCCC2CN)c1.Cl. The maximum atomic E-state index is 12.7. The zero-order valence-corrected chi connectivity index (χ0v) is 17.7. The van der Waals surface area contributed by atoms with Crippen LogP contribution in [0.2, 0.25) is 5.02 Å². The summed E-state index contributed by atoms with van der Waals surface area (Å²) in [6, 6.07) is 4.62. The molecule has 152 valence electrons. The Morgan fingerprint density at radius 1 is 1.22 bits per heavy atom. The van der Waals surface area contributed by atoms with Gasteiger partial charge in [0.2, 0.25) is 0 Å². The first-order valence-electron chi connectivity index (χ1n) is 9.09. The number of carbonyl (C=O) groups excluding carboxylic acids is 2. The molecule has 0 saturated heterocycles. The highest BCUT2D eigenvalue weighted by Gasteiger charge is 2.26. The van der Waals surface area contributed by atoms with Crippen LogP contribution in [0.3, 0.4) is 0 Å². The van der Waals surface area contributed by atoms with Crippen molar-refractivity contribution in [2.45, 2.75) is 58.0 Å². The van der Waals surface area contributed by atoms with Gasteiger partial charge < -0.3 is 21.7 Å². The highest BCUT2D eigenvalue weighted by Crippen LogP contribution is 2.25. The van der Waals surface area contributed by atoms with Crippen molar-refractivity contribution in [3.8, 4) is 0 Å². The van der Waals surface area contributed by atoms with Crippen LogP contribution in [0.5, 0.6) is 0 Å². The zero-order valence-electron chi connectivity index (χ0n) is 16.1. The van der Waals surface area contributed by atoms with E-state index in [-0.39, 0.29) is 35.9 Å². The number of anilines is 1. The topological polar surface area (TPSA) is 96.2 Å². The standard InChI is InChI=1S/C19H29ClN4O2.ClH/c1-19(2,3)24-18(26)22-13-8-9-15(20)14(10-13)17(25)23-16-7-5-4-6-12(16)11-21;/h8-10,12,16H,4-7,11,21H2,1-3H3,(H,23,25)(H2,22,24,26);1H. The van der Waals surface area contributed by atoms with Gasteiger partial charge in [-0.15, -0.1) is 12.4 Å². The van der Waals surface area contributed by atoms with E-state index in [9.17, 15) is 9.59 Å². The molecular weight excluding hydrogens is 387 g/mol.